The molecule has 1 saturated heterocycles. The second kappa shape index (κ2) is 3.91. The van der Waals surface area contributed by atoms with E-state index in [4.69, 9.17) is 5.73 Å². The molecule has 1 aromatic carbocycles. The third-order valence-corrected chi connectivity index (χ3v) is 4.39. The highest BCUT2D eigenvalue weighted by Gasteiger charge is 2.65. The maximum absolute atomic E-state index is 12.7. The van der Waals surface area contributed by atoms with Crippen LogP contribution in [0, 0.1) is 0 Å². The lowest BCUT2D eigenvalue weighted by atomic mass is 10.1. The Bertz CT molecular complexity index is 525. The van der Waals surface area contributed by atoms with Crippen LogP contribution >= 0.6 is 10.2 Å². The molecule has 1 heterocycles. The van der Waals surface area contributed by atoms with Crippen molar-refractivity contribution in [2.45, 2.75) is 23.8 Å². The first-order chi connectivity index (χ1) is 8.86. The second-order valence-electron chi connectivity index (χ2n) is 4.91. The van der Waals surface area contributed by atoms with Gasteiger partial charge in [-0.2, -0.15) is 0 Å². The van der Waals surface area contributed by atoms with E-state index < -0.39 is 21.2 Å². The van der Waals surface area contributed by atoms with Crippen molar-refractivity contribution in [3.63, 3.8) is 0 Å². The highest BCUT2D eigenvalue weighted by Crippen LogP contribution is 3.02. The molecule has 2 rings (SSSR count). The summed E-state index contributed by atoms with van der Waals surface area (Å²) in [5.74, 6) is 0. The number of hydrogen-bond acceptors (Lipinski definition) is 3. The minimum atomic E-state index is -9.69. The summed E-state index contributed by atoms with van der Waals surface area (Å²) < 4.78 is 63.3. The Labute approximate surface area is 112 Å². The number of rotatable bonds is 2. The molecule has 3 N–H and O–H groups in total. The fourth-order valence-electron chi connectivity index (χ4n) is 2.17. The van der Waals surface area contributed by atoms with E-state index in [1.165, 1.54) is 0 Å². The smallest absolute Gasteiger partial charge is 0.310 e. The zero-order valence-corrected chi connectivity index (χ0v) is 11.2. The number of nitrogen functional groups attached to an aromatic ring is 1. The van der Waals surface area contributed by atoms with Crippen LogP contribution in [0.1, 0.15) is 12.8 Å². The zero-order valence-electron chi connectivity index (χ0n) is 10.4. The van der Waals surface area contributed by atoms with E-state index in [9.17, 15) is 24.5 Å². The molecule has 0 radical (unpaired) electrons. The third-order valence-electron chi connectivity index (χ3n) is 3.25. The van der Waals surface area contributed by atoms with Crippen LogP contribution < -0.4 is 10.6 Å². The molecule has 0 bridgehead atoms. The molecule has 1 fully saturated rings. The van der Waals surface area contributed by atoms with Crippen LogP contribution in [0.15, 0.2) is 23.1 Å². The number of hydrogen-bond donors (Lipinski definition) is 2. The van der Waals surface area contributed by atoms with Gasteiger partial charge in [0, 0.05) is 13.1 Å². The Morgan fingerprint density at radius 2 is 1.65 bits per heavy atom. The van der Waals surface area contributed by atoms with Crippen LogP contribution in [-0.4, -0.2) is 24.3 Å². The number of benzene rings is 1. The molecule has 3 nitrogen and oxygen atoms in total. The maximum atomic E-state index is 12.7. The highest BCUT2D eigenvalue weighted by atomic mass is 32.5. The number of nitrogens with zero attached hydrogens (tertiary/aromatic N) is 1. The van der Waals surface area contributed by atoms with Crippen molar-refractivity contribution < 1.29 is 24.5 Å². The molecule has 116 valence electrons. The van der Waals surface area contributed by atoms with E-state index in [2.05, 4.69) is 0 Å². The topological polar surface area (TPSA) is 49.5 Å². The van der Waals surface area contributed by atoms with Gasteiger partial charge in [0.25, 0.3) is 0 Å². The minimum absolute atomic E-state index is 0.280. The lowest BCUT2D eigenvalue weighted by Crippen LogP contribution is -2.36. The average Bonchev–Trinajstić information content (AvgIpc) is 2.27. The normalized spacial score (nSPS) is 21.4. The van der Waals surface area contributed by atoms with Crippen molar-refractivity contribution in [3.8, 4) is 0 Å². The molecule has 20 heavy (non-hydrogen) atoms. The number of anilines is 2. The van der Waals surface area contributed by atoms with Crippen molar-refractivity contribution in [1.29, 1.82) is 0 Å². The van der Waals surface area contributed by atoms with Crippen molar-refractivity contribution in [2.24, 2.45) is 0 Å². The third kappa shape index (κ3) is 3.26. The largest absolute Gasteiger partial charge is 0.397 e. The zero-order chi connectivity index (χ0) is 15.2. The van der Waals surface area contributed by atoms with Gasteiger partial charge < -0.3 is 15.7 Å². The molecule has 0 saturated carbocycles. The van der Waals surface area contributed by atoms with Crippen LogP contribution in [0.5, 0.6) is 0 Å². The molecule has 0 atom stereocenters. The van der Waals surface area contributed by atoms with Gasteiger partial charge >= 0.3 is 10.2 Å². The van der Waals surface area contributed by atoms with Gasteiger partial charge in [-0.25, -0.2) is 0 Å². The number of nitrogens with two attached hydrogens (primary N) is 1. The fourth-order valence-corrected chi connectivity index (χ4v) is 2.84. The van der Waals surface area contributed by atoms with E-state index in [-0.39, 0.29) is 17.4 Å². The molecule has 0 spiro atoms. The predicted octanol–water partition coefficient (Wildman–Crippen LogP) is 3.89. The molecule has 0 unspecified atom stereocenters. The average molecular weight is 318 g/mol. The lowest BCUT2D eigenvalue weighted by Gasteiger charge is -2.41. The number of aliphatic hydroxyl groups is 1. The standard InChI is InChI=1S/C11H15F5N2OS/c12-20(13,14,15,16)9-1-2-11(10(17)7-9)18-5-3-8(19)4-6-18/h1-2,7-8,19H,3-6,17H2. The first-order valence-electron chi connectivity index (χ1n) is 5.93. The summed E-state index contributed by atoms with van der Waals surface area (Å²) >= 11 is 0. The van der Waals surface area contributed by atoms with Gasteiger partial charge in [-0.3, -0.25) is 0 Å². The van der Waals surface area contributed by atoms with E-state index in [0.29, 0.717) is 32.0 Å². The van der Waals surface area contributed by atoms with Gasteiger partial charge in [-0.15, -0.1) is 0 Å². The van der Waals surface area contributed by atoms with Crippen LogP contribution in [0.2, 0.25) is 0 Å². The summed E-state index contributed by atoms with van der Waals surface area (Å²) in [6, 6.07) is 1.60. The summed E-state index contributed by atoms with van der Waals surface area (Å²) in [5, 5.41) is 9.36. The molecular weight excluding hydrogens is 303 g/mol. The Balaban J connectivity index is 2.33. The lowest BCUT2D eigenvalue weighted by molar-refractivity contribution is 0.145. The Kier molecular flexibility index (Phi) is 2.97. The molecule has 1 aliphatic heterocycles. The van der Waals surface area contributed by atoms with Crippen molar-refractivity contribution in [3.05, 3.63) is 18.2 Å². The van der Waals surface area contributed by atoms with E-state index in [0.717, 1.165) is 6.07 Å². The van der Waals surface area contributed by atoms with Gasteiger partial charge in [0.15, 0.2) is 0 Å². The fraction of sp³-hybridized carbons (Fsp3) is 0.455. The van der Waals surface area contributed by atoms with Crippen molar-refractivity contribution >= 4 is 21.6 Å². The second-order valence-corrected chi connectivity index (χ2v) is 7.32. The Morgan fingerprint density at radius 1 is 1.10 bits per heavy atom. The summed E-state index contributed by atoms with van der Waals surface area (Å²) in [7, 11) is -9.69. The molecule has 1 aromatic rings. The summed E-state index contributed by atoms with van der Waals surface area (Å²) in [4.78, 5) is -0.305. The van der Waals surface area contributed by atoms with Gasteiger partial charge in [0.2, 0.25) is 0 Å². The Hall–Kier alpha value is -1.22. The van der Waals surface area contributed by atoms with Gasteiger partial charge in [-0.1, -0.05) is 19.4 Å². The SMILES string of the molecule is Nc1cc(S(F)(F)(F)(F)F)ccc1N1CCC(O)CC1. The van der Waals surface area contributed by atoms with Crippen molar-refractivity contribution in [1.82, 2.24) is 0 Å². The molecule has 0 aromatic heterocycles. The van der Waals surface area contributed by atoms with E-state index >= 15 is 0 Å². The summed E-state index contributed by atoms with van der Waals surface area (Å²) in [6.07, 6.45) is 0.474. The van der Waals surface area contributed by atoms with Gasteiger partial charge in [0.05, 0.1) is 17.5 Å². The van der Waals surface area contributed by atoms with Crippen molar-refractivity contribution in [2.75, 3.05) is 23.7 Å². The van der Waals surface area contributed by atoms with Crippen LogP contribution in [-0.2, 0) is 0 Å². The molecule has 9 heteroatoms. The van der Waals surface area contributed by atoms with Gasteiger partial charge in [0.1, 0.15) is 4.90 Å². The predicted molar refractivity (Wildman–Crippen MR) is 69.7 cm³/mol. The number of piperidine rings is 1. The summed E-state index contributed by atoms with van der Waals surface area (Å²) in [5.41, 5.74) is 5.42. The number of aliphatic hydroxyl groups excluding tert-OH is 1. The number of halogens is 5. The van der Waals surface area contributed by atoms with Crippen LogP contribution in [0.4, 0.5) is 30.8 Å². The van der Waals surface area contributed by atoms with Crippen LogP contribution in [0.25, 0.3) is 0 Å². The molecular formula is C11H15F5N2OS. The van der Waals surface area contributed by atoms with Crippen LogP contribution in [0.3, 0.4) is 0 Å². The van der Waals surface area contributed by atoms with E-state index in [1.54, 1.807) is 4.90 Å². The van der Waals surface area contributed by atoms with Gasteiger partial charge in [-0.05, 0) is 31.0 Å². The van der Waals surface area contributed by atoms with E-state index in [1.807, 2.05) is 0 Å². The minimum Gasteiger partial charge on any atom is -0.397 e. The first kappa shape index (κ1) is 15.2. The molecule has 0 amide bonds. The highest BCUT2D eigenvalue weighted by molar-refractivity contribution is 8.45. The summed E-state index contributed by atoms with van der Waals surface area (Å²) in [6.45, 7) is 0.836. The maximum Gasteiger partial charge on any atom is 0.310 e. The molecule has 1 aliphatic rings. The quantitative estimate of drug-likeness (QED) is 0.642. The monoisotopic (exact) mass is 318 g/mol. The first-order valence-corrected chi connectivity index (χ1v) is 7.88. The molecule has 0 aliphatic carbocycles. The Morgan fingerprint density at radius 3 is 2.10 bits per heavy atom.